The molecule has 1 saturated carbocycles. The number of benzene rings is 1. The minimum atomic E-state index is 0.00890. The fourth-order valence-corrected chi connectivity index (χ4v) is 5.74. The van der Waals surface area contributed by atoms with Crippen molar-refractivity contribution in [1.29, 1.82) is 0 Å². The zero-order chi connectivity index (χ0) is 22.1. The molecule has 1 atom stereocenters. The Balaban J connectivity index is 1.30. The molecular formula is C23H31N5O3S. The lowest BCUT2D eigenvalue weighted by molar-refractivity contribution is -0.129. The summed E-state index contributed by atoms with van der Waals surface area (Å²) in [7, 11) is 3.33. The van der Waals surface area contributed by atoms with Gasteiger partial charge in [0.15, 0.2) is 5.16 Å². The molecule has 1 aromatic carbocycles. The Bertz CT molecular complexity index is 971. The van der Waals surface area contributed by atoms with Crippen molar-refractivity contribution in [3.63, 3.8) is 0 Å². The van der Waals surface area contributed by atoms with E-state index in [0.29, 0.717) is 11.8 Å². The van der Waals surface area contributed by atoms with Gasteiger partial charge in [0.1, 0.15) is 11.5 Å². The van der Waals surface area contributed by atoms with Crippen molar-refractivity contribution in [1.82, 2.24) is 19.7 Å². The summed E-state index contributed by atoms with van der Waals surface area (Å²) >= 11 is 1.52. The third-order valence-corrected chi connectivity index (χ3v) is 7.57. The van der Waals surface area contributed by atoms with Crippen LogP contribution in [0.15, 0.2) is 23.4 Å². The normalized spacial score (nSPS) is 20.8. The van der Waals surface area contributed by atoms with E-state index in [1.807, 2.05) is 23.1 Å². The van der Waals surface area contributed by atoms with E-state index in [-0.39, 0.29) is 11.9 Å². The Morgan fingerprint density at radius 2 is 1.88 bits per heavy atom. The molecule has 172 valence electrons. The van der Waals surface area contributed by atoms with Gasteiger partial charge in [0.25, 0.3) is 0 Å². The number of anilines is 1. The number of amides is 1. The van der Waals surface area contributed by atoms with Crippen LogP contribution in [0.25, 0.3) is 0 Å². The van der Waals surface area contributed by atoms with Gasteiger partial charge in [-0.05, 0) is 56.7 Å². The molecule has 2 aromatic rings. The Morgan fingerprint density at radius 1 is 1.06 bits per heavy atom. The molecule has 0 radical (unpaired) electrons. The van der Waals surface area contributed by atoms with Crippen LogP contribution in [0.5, 0.6) is 11.5 Å². The molecule has 1 aromatic heterocycles. The van der Waals surface area contributed by atoms with Gasteiger partial charge in [-0.1, -0.05) is 11.8 Å². The summed E-state index contributed by atoms with van der Waals surface area (Å²) in [5.41, 5.74) is 1.01. The largest absolute Gasteiger partial charge is 0.497 e. The zero-order valence-corrected chi connectivity index (χ0v) is 19.6. The number of carbonyl (C=O) groups is 1. The maximum Gasteiger partial charge on any atom is 0.233 e. The van der Waals surface area contributed by atoms with Crippen LogP contribution in [0.1, 0.15) is 56.2 Å². The predicted molar refractivity (Wildman–Crippen MR) is 124 cm³/mol. The second-order valence-corrected chi connectivity index (χ2v) is 9.66. The van der Waals surface area contributed by atoms with Gasteiger partial charge in [0.2, 0.25) is 11.9 Å². The molecule has 0 unspecified atom stereocenters. The first-order valence-electron chi connectivity index (χ1n) is 11.5. The average molecular weight is 458 g/mol. The van der Waals surface area contributed by atoms with E-state index >= 15 is 0 Å². The summed E-state index contributed by atoms with van der Waals surface area (Å²) in [6.07, 6.45) is 6.68. The van der Waals surface area contributed by atoms with Crippen LogP contribution in [0.4, 0.5) is 5.95 Å². The molecule has 9 heteroatoms. The lowest BCUT2D eigenvalue weighted by atomic mass is 10.0. The van der Waals surface area contributed by atoms with Crippen molar-refractivity contribution in [2.45, 2.75) is 55.8 Å². The molecule has 3 fully saturated rings. The molecule has 0 spiro atoms. The maximum absolute atomic E-state index is 13.3. The van der Waals surface area contributed by atoms with Crippen LogP contribution in [0, 0.1) is 0 Å². The van der Waals surface area contributed by atoms with Crippen molar-refractivity contribution in [2.24, 2.45) is 0 Å². The summed E-state index contributed by atoms with van der Waals surface area (Å²) in [5.74, 6) is 3.07. The molecule has 3 heterocycles. The van der Waals surface area contributed by atoms with Crippen molar-refractivity contribution < 1.29 is 14.3 Å². The lowest BCUT2D eigenvalue weighted by Gasteiger charge is -2.26. The first-order valence-corrected chi connectivity index (χ1v) is 12.5. The van der Waals surface area contributed by atoms with Gasteiger partial charge in [0.05, 0.1) is 26.0 Å². The van der Waals surface area contributed by atoms with E-state index in [1.54, 1.807) is 14.2 Å². The van der Waals surface area contributed by atoms with Gasteiger partial charge in [0, 0.05) is 31.2 Å². The van der Waals surface area contributed by atoms with Gasteiger partial charge in [-0.25, -0.2) is 0 Å². The molecule has 1 amide bonds. The third-order valence-electron chi connectivity index (χ3n) is 6.64. The fourth-order valence-electron chi connectivity index (χ4n) is 4.85. The first kappa shape index (κ1) is 21.4. The number of rotatable bonds is 8. The molecule has 5 rings (SSSR count). The molecular weight excluding hydrogens is 426 g/mol. The van der Waals surface area contributed by atoms with Crippen LogP contribution >= 0.6 is 11.8 Å². The number of methoxy groups -OCH3 is 2. The maximum atomic E-state index is 13.3. The van der Waals surface area contributed by atoms with E-state index in [1.165, 1.54) is 37.4 Å². The van der Waals surface area contributed by atoms with Crippen LogP contribution in [0.3, 0.4) is 0 Å². The zero-order valence-electron chi connectivity index (χ0n) is 18.8. The summed E-state index contributed by atoms with van der Waals surface area (Å²) in [6.45, 7) is 2.86. The molecule has 1 aliphatic carbocycles. The standard InChI is InChI=1S/C23H31N5O3S/c1-30-17-9-10-20(31-2)18(14-17)19-6-5-13-27(19)21(29)15-32-23-25-24-22(26-11-3-4-12-26)28(23)16-7-8-16/h9-10,14,16,19H,3-8,11-13,15H2,1-2H3/t19-/m0/s1. The fraction of sp³-hybridized carbons (Fsp3) is 0.609. The van der Waals surface area contributed by atoms with E-state index < -0.39 is 0 Å². The Labute approximate surface area is 193 Å². The summed E-state index contributed by atoms with van der Waals surface area (Å²) in [5, 5.41) is 9.85. The molecule has 2 aliphatic heterocycles. The number of ether oxygens (including phenoxy) is 2. The lowest BCUT2D eigenvalue weighted by Crippen LogP contribution is -2.32. The number of thioether (sulfide) groups is 1. The third kappa shape index (κ3) is 4.14. The number of aromatic nitrogens is 3. The van der Waals surface area contributed by atoms with Crippen LogP contribution < -0.4 is 14.4 Å². The number of nitrogens with zero attached hydrogens (tertiary/aromatic N) is 5. The van der Waals surface area contributed by atoms with Crippen LogP contribution in [-0.4, -0.2) is 65.2 Å². The molecule has 32 heavy (non-hydrogen) atoms. The average Bonchev–Trinajstić information content (AvgIpc) is 3.24. The second kappa shape index (κ2) is 9.21. The van der Waals surface area contributed by atoms with Gasteiger partial charge in [-0.3, -0.25) is 9.36 Å². The SMILES string of the molecule is COc1ccc(OC)c([C@@H]2CCCN2C(=O)CSc2nnc(N3CCCC3)n2C2CC2)c1. The Hall–Kier alpha value is -2.42. The number of carbonyl (C=O) groups excluding carboxylic acids is 1. The first-order chi connectivity index (χ1) is 15.7. The molecule has 3 aliphatic rings. The van der Waals surface area contributed by atoms with Crippen molar-refractivity contribution in [3.05, 3.63) is 23.8 Å². The number of hydrogen-bond acceptors (Lipinski definition) is 7. The molecule has 8 nitrogen and oxygen atoms in total. The van der Waals surface area contributed by atoms with Gasteiger partial charge in [-0.2, -0.15) is 0 Å². The van der Waals surface area contributed by atoms with Gasteiger partial charge >= 0.3 is 0 Å². The molecule has 0 N–H and O–H groups in total. The monoisotopic (exact) mass is 457 g/mol. The highest BCUT2D eigenvalue weighted by Crippen LogP contribution is 2.42. The highest BCUT2D eigenvalue weighted by molar-refractivity contribution is 7.99. The van der Waals surface area contributed by atoms with Crippen molar-refractivity contribution >= 4 is 23.6 Å². The van der Waals surface area contributed by atoms with E-state index in [2.05, 4.69) is 19.7 Å². The highest BCUT2D eigenvalue weighted by Gasteiger charge is 2.35. The Morgan fingerprint density at radius 3 is 2.59 bits per heavy atom. The van der Waals surface area contributed by atoms with Gasteiger partial charge < -0.3 is 19.3 Å². The second-order valence-electron chi connectivity index (χ2n) is 8.72. The van der Waals surface area contributed by atoms with Gasteiger partial charge in [-0.15, -0.1) is 10.2 Å². The van der Waals surface area contributed by atoms with E-state index in [0.717, 1.165) is 60.6 Å². The number of likely N-dealkylation sites (tertiary alicyclic amines) is 1. The topological polar surface area (TPSA) is 72.7 Å². The van der Waals surface area contributed by atoms with E-state index in [9.17, 15) is 4.79 Å². The summed E-state index contributed by atoms with van der Waals surface area (Å²) in [6, 6.07) is 6.30. The quantitative estimate of drug-likeness (QED) is 0.560. The van der Waals surface area contributed by atoms with Crippen LogP contribution in [-0.2, 0) is 4.79 Å². The Kier molecular flexibility index (Phi) is 6.17. The summed E-state index contributed by atoms with van der Waals surface area (Å²) < 4.78 is 13.3. The van der Waals surface area contributed by atoms with E-state index in [4.69, 9.17) is 9.47 Å². The number of hydrogen-bond donors (Lipinski definition) is 0. The highest BCUT2D eigenvalue weighted by atomic mass is 32.2. The molecule has 2 saturated heterocycles. The van der Waals surface area contributed by atoms with Crippen molar-refractivity contribution in [3.8, 4) is 11.5 Å². The minimum absolute atomic E-state index is 0.00890. The predicted octanol–water partition coefficient (Wildman–Crippen LogP) is 3.69. The van der Waals surface area contributed by atoms with Crippen LogP contribution in [0.2, 0.25) is 0 Å². The smallest absolute Gasteiger partial charge is 0.233 e. The van der Waals surface area contributed by atoms with Crippen molar-refractivity contribution in [2.75, 3.05) is 44.5 Å². The summed E-state index contributed by atoms with van der Waals surface area (Å²) in [4.78, 5) is 17.6. The molecule has 0 bridgehead atoms. The minimum Gasteiger partial charge on any atom is -0.497 e.